The van der Waals surface area contributed by atoms with Crippen LogP contribution in [0, 0.1) is 0 Å². The molecule has 0 atom stereocenters. The van der Waals surface area contributed by atoms with Crippen LogP contribution in [-0.2, 0) is 5.75 Å². The average Bonchev–Trinajstić information content (AvgIpc) is 2.16. The van der Waals surface area contributed by atoms with Gasteiger partial charge in [-0.05, 0) is 21.7 Å². The van der Waals surface area contributed by atoms with Crippen LogP contribution in [0.25, 0.3) is 0 Å². The first-order valence-electron chi connectivity index (χ1n) is 3.97. The molecule has 14 heavy (non-hydrogen) atoms. The molecular formula is C8H9BrN2O2S. The van der Waals surface area contributed by atoms with Gasteiger partial charge in [0.05, 0.1) is 10.2 Å². The second-order valence-corrected chi connectivity index (χ2v) is 4.55. The van der Waals surface area contributed by atoms with Crippen LogP contribution < -0.4 is 0 Å². The Morgan fingerprint density at radius 1 is 1.71 bits per heavy atom. The van der Waals surface area contributed by atoms with Gasteiger partial charge in [0.25, 0.3) is 0 Å². The summed E-state index contributed by atoms with van der Waals surface area (Å²) >= 11 is 4.74. The standard InChI is InChI=1S/C8H9BrN2O2S/c1-2-14-4-6-10-3-5(9)7(11-6)8(12)13/h3H,2,4H2,1H3,(H,12,13). The molecular weight excluding hydrogens is 268 g/mol. The zero-order chi connectivity index (χ0) is 10.6. The summed E-state index contributed by atoms with van der Waals surface area (Å²) in [5, 5.41) is 8.79. The van der Waals surface area contributed by atoms with Crippen LogP contribution >= 0.6 is 27.7 Å². The summed E-state index contributed by atoms with van der Waals surface area (Å²) in [7, 11) is 0. The maximum Gasteiger partial charge on any atom is 0.355 e. The Labute approximate surface area is 94.3 Å². The van der Waals surface area contributed by atoms with Crippen molar-refractivity contribution in [1.29, 1.82) is 0 Å². The van der Waals surface area contributed by atoms with Crippen LogP contribution in [0.1, 0.15) is 23.2 Å². The third kappa shape index (κ3) is 2.95. The fraction of sp³-hybridized carbons (Fsp3) is 0.375. The van der Waals surface area contributed by atoms with E-state index in [0.29, 0.717) is 16.0 Å². The zero-order valence-electron chi connectivity index (χ0n) is 7.53. The number of carboxylic acids is 1. The lowest BCUT2D eigenvalue weighted by molar-refractivity contribution is 0.0689. The highest BCUT2D eigenvalue weighted by Crippen LogP contribution is 2.15. The molecule has 1 aromatic rings. The number of hydrogen-bond acceptors (Lipinski definition) is 4. The highest BCUT2D eigenvalue weighted by Gasteiger charge is 2.11. The minimum absolute atomic E-state index is 0.0201. The normalized spacial score (nSPS) is 10.1. The summed E-state index contributed by atoms with van der Waals surface area (Å²) in [4.78, 5) is 18.7. The van der Waals surface area contributed by atoms with Crippen molar-refractivity contribution in [3.63, 3.8) is 0 Å². The fourth-order valence-corrected chi connectivity index (χ4v) is 1.70. The molecule has 0 fully saturated rings. The van der Waals surface area contributed by atoms with Crippen molar-refractivity contribution >= 4 is 33.7 Å². The molecule has 0 spiro atoms. The van der Waals surface area contributed by atoms with Crippen LogP contribution in [-0.4, -0.2) is 26.8 Å². The van der Waals surface area contributed by atoms with Gasteiger partial charge in [-0.1, -0.05) is 6.92 Å². The summed E-state index contributed by atoms with van der Waals surface area (Å²) < 4.78 is 0.412. The van der Waals surface area contributed by atoms with Crippen molar-refractivity contribution in [2.24, 2.45) is 0 Å². The molecule has 0 aliphatic rings. The van der Waals surface area contributed by atoms with Gasteiger partial charge in [-0.3, -0.25) is 0 Å². The van der Waals surface area contributed by atoms with E-state index in [4.69, 9.17) is 5.11 Å². The maximum atomic E-state index is 10.7. The van der Waals surface area contributed by atoms with Gasteiger partial charge in [-0.25, -0.2) is 14.8 Å². The summed E-state index contributed by atoms with van der Waals surface area (Å²) in [6, 6.07) is 0. The highest BCUT2D eigenvalue weighted by atomic mass is 79.9. The quantitative estimate of drug-likeness (QED) is 0.914. The Balaban J connectivity index is 2.89. The summed E-state index contributed by atoms with van der Waals surface area (Å²) in [6.07, 6.45) is 1.47. The minimum Gasteiger partial charge on any atom is -0.476 e. The van der Waals surface area contributed by atoms with Crippen molar-refractivity contribution in [2.45, 2.75) is 12.7 Å². The van der Waals surface area contributed by atoms with Gasteiger partial charge < -0.3 is 5.11 Å². The van der Waals surface area contributed by atoms with E-state index in [9.17, 15) is 4.79 Å². The number of rotatable bonds is 4. The number of halogens is 1. The Morgan fingerprint density at radius 3 is 3.00 bits per heavy atom. The summed E-state index contributed by atoms with van der Waals surface area (Å²) in [5.41, 5.74) is 0.0201. The van der Waals surface area contributed by atoms with Crippen LogP contribution in [0.2, 0.25) is 0 Å². The number of thioether (sulfide) groups is 1. The van der Waals surface area contributed by atoms with Crippen molar-refractivity contribution in [2.75, 3.05) is 5.75 Å². The molecule has 0 saturated carbocycles. The van der Waals surface area contributed by atoms with Gasteiger partial charge in [0.1, 0.15) is 5.82 Å². The van der Waals surface area contributed by atoms with E-state index < -0.39 is 5.97 Å². The summed E-state index contributed by atoms with van der Waals surface area (Å²) in [6.45, 7) is 2.03. The molecule has 1 N–H and O–H groups in total. The predicted octanol–water partition coefficient (Wildman–Crippen LogP) is 2.19. The average molecular weight is 277 g/mol. The highest BCUT2D eigenvalue weighted by molar-refractivity contribution is 9.10. The number of nitrogens with zero attached hydrogens (tertiary/aromatic N) is 2. The Bertz CT molecular complexity index is 346. The van der Waals surface area contributed by atoms with E-state index in [1.165, 1.54) is 6.20 Å². The number of hydrogen-bond donors (Lipinski definition) is 1. The number of carbonyl (C=O) groups is 1. The zero-order valence-corrected chi connectivity index (χ0v) is 9.93. The van der Waals surface area contributed by atoms with Gasteiger partial charge in [0, 0.05) is 6.20 Å². The molecule has 0 bridgehead atoms. The fourth-order valence-electron chi connectivity index (χ4n) is 0.817. The maximum absolute atomic E-state index is 10.7. The lowest BCUT2D eigenvalue weighted by Crippen LogP contribution is -2.05. The van der Waals surface area contributed by atoms with E-state index in [1.54, 1.807) is 11.8 Å². The first-order valence-corrected chi connectivity index (χ1v) is 5.92. The van der Waals surface area contributed by atoms with E-state index in [-0.39, 0.29) is 5.69 Å². The molecule has 4 nitrogen and oxygen atoms in total. The van der Waals surface area contributed by atoms with E-state index in [1.807, 2.05) is 6.92 Å². The van der Waals surface area contributed by atoms with Crippen molar-refractivity contribution in [1.82, 2.24) is 9.97 Å². The molecule has 76 valence electrons. The SMILES string of the molecule is CCSCc1ncc(Br)c(C(=O)O)n1. The van der Waals surface area contributed by atoms with E-state index in [0.717, 1.165) is 5.75 Å². The Hall–Kier alpha value is -0.620. The smallest absolute Gasteiger partial charge is 0.355 e. The molecule has 0 amide bonds. The lowest BCUT2D eigenvalue weighted by atomic mass is 10.4. The molecule has 1 rings (SSSR count). The molecule has 0 aromatic carbocycles. The molecule has 0 saturated heterocycles. The molecule has 0 radical (unpaired) electrons. The van der Waals surface area contributed by atoms with Crippen LogP contribution in [0.3, 0.4) is 0 Å². The van der Waals surface area contributed by atoms with Crippen LogP contribution in [0.15, 0.2) is 10.7 Å². The third-order valence-corrected chi connectivity index (χ3v) is 2.88. The Morgan fingerprint density at radius 2 is 2.43 bits per heavy atom. The monoisotopic (exact) mass is 276 g/mol. The van der Waals surface area contributed by atoms with Gasteiger partial charge in [0.15, 0.2) is 5.69 Å². The van der Waals surface area contributed by atoms with Crippen molar-refractivity contribution < 1.29 is 9.90 Å². The number of aromatic nitrogens is 2. The molecule has 6 heteroatoms. The van der Waals surface area contributed by atoms with Crippen molar-refractivity contribution in [3.05, 3.63) is 22.2 Å². The predicted molar refractivity (Wildman–Crippen MR) is 58.5 cm³/mol. The van der Waals surface area contributed by atoms with Crippen LogP contribution in [0.5, 0.6) is 0 Å². The minimum atomic E-state index is -1.04. The van der Waals surface area contributed by atoms with E-state index in [2.05, 4.69) is 25.9 Å². The number of aromatic carboxylic acids is 1. The van der Waals surface area contributed by atoms with Gasteiger partial charge in [-0.15, -0.1) is 0 Å². The van der Waals surface area contributed by atoms with Crippen LogP contribution in [0.4, 0.5) is 0 Å². The van der Waals surface area contributed by atoms with Gasteiger partial charge in [0.2, 0.25) is 0 Å². The molecule has 0 aliphatic carbocycles. The molecule has 0 unspecified atom stereocenters. The van der Waals surface area contributed by atoms with Gasteiger partial charge in [-0.2, -0.15) is 11.8 Å². The topological polar surface area (TPSA) is 63.1 Å². The third-order valence-electron chi connectivity index (χ3n) is 1.43. The largest absolute Gasteiger partial charge is 0.476 e. The Kier molecular flexibility index (Phi) is 4.34. The second kappa shape index (κ2) is 5.31. The molecule has 1 heterocycles. The van der Waals surface area contributed by atoms with Gasteiger partial charge >= 0.3 is 5.97 Å². The second-order valence-electron chi connectivity index (χ2n) is 2.43. The lowest BCUT2D eigenvalue weighted by Gasteiger charge is -2.01. The first-order chi connectivity index (χ1) is 6.65. The van der Waals surface area contributed by atoms with E-state index >= 15 is 0 Å². The molecule has 1 aromatic heterocycles. The first kappa shape index (κ1) is 11.5. The summed E-state index contributed by atoms with van der Waals surface area (Å²) in [5.74, 6) is 1.12. The molecule has 0 aliphatic heterocycles. The van der Waals surface area contributed by atoms with Crippen molar-refractivity contribution in [3.8, 4) is 0 Å². The number of carboxylic acid groups (broad SMARTS) is 1.